The summed E-state index contributed by atoms with van der Waals surface area (Å²) in [5.74, 6) is -0.682. The van der Waals surface area contributed by atoms with E-state index in [9.17, 15) is 9.90 Å². The number of allylic oxidation sites excluding steroid dienone is 1. The lowest BCUT2D eigenvalue weighted by molar-refractivity contribution is -0.137. The molecule has 0 aromatic carbocycles. The SMILES string of the molecule is CCCCC[C@H](O)/C=C/CCCCCCCCCC(=O)O. The van der Waals surface area contributed by atoms with Crippen LogP contribution in [0.25, 0.3) is 0 Å². The van der Waals surface area contributed by atoms with Gasteiger partial charge in [-0.3, -0.25) is 4.79 Å². The summed E-state index contributed by atoms with van der Waals surface area (Å²) >= 11 is 0. The van der Waals surface area contributed by atoms with E-state index in [-0.39, 0.29) is 6.10 Å². The number of rotatable bonds is 15. The van der Waals surface area contributed by atoms with E-state index in [0.29, 0.717) is 6.42 Å². The van der Waals surface area contributed by atoms with Gasteiger partial charge in [0.2, 0.25) is 0 Å². The minimum absolute atomic E-state index is 0.259. The van der Waals surface area contributed by atoms with E-state index in [1.807, 2.05) is 6.08 Å². The van der Waals surface area contributed by atoms with Gasteiger partial charge in [-0.05, 0) is 25.7 Å². The number of carboxylic acids is 1. The van der Waals surface area contributed by atoms with Crippen LogP contribution in [-0.4, -0.2) is 22.3 Å². The molecule has 0 fully saturated rings. The van der Waals surface area contributed by atoms with Crippen LogP contribution >= 0.6 is 0 Å². The van der Waals surface area contributed by atoms with Gasteiger partial charge in [-0.15, -0.1) is 0 Å². The maximum atomic E-state index is 10.3. The molecule has 3 heteroatoms. The summed E-state index contributed by atoms with van der Waals surface area (Å²) in [6, 6.07) is 0. The summed E-state index contributed by atoms with van der Waals surface area (Å²) in [5.41, 5.74) is 0. The molecular weight excluding hydrogens is 264 g/mol. The summed E-state index contributed by atoms with van der Waals surface area (Å²) in [6.45, 7) is 2.17. The van der Waals surface area contributed by atoms with Crippen LogP contribution in [0.3, 0.4) is 0 Å². The molecule has 1 atom stereocenters. The molecule has 0 heterocycles. The van der Waals surface area contributed by atoms with Gasteiger partial charge in [-0.2, -0.15) is 0 Å². The second-order valence-electron chi connectivity index (χ2n) is 5.90. The Balaban J connectivity index is 3.22. The van der Waals surface area contributed by atoms with Gasteiger partial charge < -0.3 is 10.2 Å². The standard InChI is InChI=1S/C18H34O3/c1-2-3-11-14-17(19)15-12-9-7-5-4-6-8-10-13-16-18(20)21/h12,15,17,19H,2-11,13-14,16H2,1H3,(H,20,21)/b15-12+/t17-/m0/s1. The van der Waals surface area contributed by atoms with Crippen LogP contribution in [0.5, 0.6) is 0 Å². The normalized spacial score (nSPS) is 12.9. The van der Waals surface area contributed by atoms with Crippen molar-refractivity contribution in [1.29, 1.82) is 0 Å². The summed E-state index contributed by atoms with van der Waals surface area (Å²) in [7, 11) is 0. The second kappa shape index (κ2) is 15.6. The van der Waals surface area contributed by atoms with Crippen molar-refractivity contribution in [2.45, 2.75) is 96.5 Å². The van der Waals surface area contributed by atoms with Crippen LogP contribution in [-0.2, 0) is 4.79 Å². The number of hydrogen-bond acceptors (Lipinski definition) is 2. The first-order valence-electron chi connectivity index (χ1n) is 8.73. The van der Waals surface area contributed by atoms with Crippen LogP contribution in [0.2, 0.25) is 0 Å². The lowest BCUT2D eigenvalue weighted by Crippen LogP contribution is -2.01. The number of carboxylic acid groups (broad SMARTS) is 1. The summed E-state index contributed by atoms with van der Waals surface area (Å²) < 4.78 is 0. The van der Waals surface area contributed by atoms with Gasteiger partial charge in [0.05, 0.1) is 6.10 Å². The van der Waals surface area contributed by atoms with Crippen LogP contribution < -0.4 is 0 Å². The van der Waals surface area contributed by atoms with Crippen molar-refractivity contribution in [3.63, 3.8) is 0 Å². The summed E-state index contributed by atoms with van der Waals surface area (Å²) in [4.78, 5) is 10.3. The molecule has 21 heavy (non-hydrogen) atoms. The molecule has 124 valence electrons. The zero-order valence-electron chi connectivity index (χ0n) is 13.7. The van der Waals surface area contributed by atoms with Crippen molar-refractivity contribution in [1.82, 2.24) is 0 Å². The van der Waals surface area contributed by atoms with Gasteiger partial charge in [-0.1, -0.05) is 70.4 Å². The van der Waals surface area contributed by atoms with Crippen molar-refractivity contribution in [3.05, 3.63) is 12.2 Å². The highest BCUT2D eigenvalue weighted by Crippen LogP contribution is 2.10. The molecule has 0 aromatic heterocycles. The lowest BCUT2D eigenvalue weighted by Gasteiger charge is -2.04. The van der Waals surface area contributed by atoms with Gasteiger partial charge in [-0.25, -0.2) is 0 Å². The highest BCUT2D eigenvalue weighted by Gasteiger charge is 1.98. The largest absolute Gasteiger partial charge is 0.481 e. The molecule has 0 amide bonds. The highest BCUT2D eigenvalue weighted by molar-refractivity contribution is 5.66. The maximum absolute atomic E-state index is 10.3. The second-order valence-corrected chi connectivity index (χ2v) is 5.90. The molecule has 0 radical (unpaired) electrons. The predicted octanol–water partition coefficient (Wildman–Crippen LogP) is 5.08. The van der Waals surface area contributed by atoms with Crippen molar-refractivity contribution >= 4 is 5.97 Å². The Morgan fingerprint density at radius 3 is 2.19 bits per heavy atom. The fraction of sp³-hybridized carbons (Fsp3) is 0.833. The van der Waals surface area contributed by atoms with Crippen molar-refractivity contribution in [2.75, 3.05) is 0 Å². The molecular formula is C18H34O3. The number of carbonyl (C=O) groups is 1. The number of aliphatic carboxylic acids is 1. The van der Waals surface area contributed by atoms with Crippen LogP contribution in [0.4, 0.5) is 0 Å². The Labute approximate surface area is 130 Å². The molecule has 0 spiro atoms. The van der Waals surface area contributed by atoms with Gasteiger partial charge in [0.15, 0.2) is 0 Å². The van der Waals surface area contributed by atoms with E-state index >= 15 is 0 Å². The Kier molecular flexibility index (Phi) is 14.9. The van der Waals surface area contributed by atoms with Crippen molar-refractivity contribution in [2.24, 2.45) is 0 Å². The zero-order valence-corrected chi connectivity index (χ0v) is 13.7. The maximum Gasteiger partial charge on any atom is 0.303 e. The number of aliphatic hydroxyl groups is 1. The van der Waals surface area contributed by atoms with Crippen LogP contribution in [0, 0.1) is 0 Å². The lowest BCUT2D eigenvalue weighted by atomic mass is 10.1. The van der Waals surface area contributed by atoms with E-state index in [1.165, 1.54) is 38.5 Å². The zero-order chi connectivity index (χ0) is 15.8. The van der Waals surface area contributed by atoms with E-state index in [2.05, 4.69) is 13.0 Å². The minimum atomic E-state index is -0.682. The summed E-state index contributed by atoms with van der Waals surface area (Å²) in [6.07, 6.45) is 17.5. The molecule has 0 aliphatic carbocycles. The first-order chi connectivity index (χ1) is 10.2. The van der Waals surface area contributed by atoms with Crippen molar-refractivity contribution in [3.8, 4) is 0 Å². The monoisotopic (exact) mass is 298 g/mol. The minimum Gasteiger partial charge on any atom is -0.481 e. The molecule has 0 rings (SSSR count). The van der Waals surface area contributed by atoms with Crippen LogP contribution in [0.1, 0.15) is 90.4 Å². The number of unbranched alkanes of at least 4 members (excludes halogenated alkanes) is 9. The Morgan fingerprint density at radius 2 is 1.57 bits per heavy atom. The van der Waals surface area contributed by atoms with Gasteiger partial charge in [0.25, 0.3) is 0 Å². The average Bonchev–Trinajstić information content (AvgIpc) is 2.44. The van der Waals surface area contributed by atoms with Gasteiger partial charge >= 0.3 is 5.97 Å². The molecule has 0 saturated carbocycles. The Hall–Kier alpha value is -0.830. The molecule has 3 nitrogen and oxygen atoms in total. The Bertz CT molecular complexity index is 261. The first kappa shape index (κ1) is 20.2. The molecule has 0 unspecified atom stereocenters. The van der Waals surface area contributed by atoms with E-state index in [4.69, 9.17) is 5.11 Å². The Morgan fingerprint density at radius 1 is 0.952 bits per heavy atom. The fourth-order valence-corrected chi connectivity index (χ4v) is 2.38. The van der Waals surface area contributed by atoms with Gasteiger partial charge in [0, 0.05) is 6.42 Å². The quantitative estimate of drug-likeness (QED) is 0.327. The average molecular weight is 298 g/mol. The number of hydrogen-bond donors (Lipinski definition) is 2. The van der Waals surface area contributed by atoms with E-state index in [1.54, 1.807) is 0 Å². The van der Waals surface area contributed by atoms with Gasteiger partial charge in [0.1, 0.15) is 0 Å². The fourth-order valence-electron chi connectivity index (χ4n) is 2.38. The van der Waals surface area contributed by atoms with E-state index in [0.717, 1.165) is 38.5 Å². The molecule has 0 bridgehead atoms. The van der Waals surface area contributed by atoms with Crippen LogP contribution in [0.15, 0.2) is 12.2 Å². The first-order valence-corrected chi connectivity index (χ1v) is 8.73. The third-order valence-electron chi connectivity index (χ3n) is 3.72. The third kappa shape index (κ3) is 17.1. The van der Waals surface area contributed by atoms with E-state index < -0.39 is 5.97 Å². The highest BCUT2D eigenvalue weighted by atomic mass is 16.4. The molecule has 2 N–H and O–H groups in total. The molecule has 0 saturated heterocycles. The smallest absolute Gasteiger partial charge is 0.303 e. The molecule has 0 aliphatic heterocycles. The predicted molar refractivity (Wildman–Crippen MR) is 88.5 cm³/mol. The molecule has 0 aliphatic rings. The molecule has 0 aromatic rings. The van der Waals surface area contributed by atoms with Crippen molar-refractivity contribution < 1.29 is 15.0 Å². The third-order valence-corrected chi connectivity index (χ3v) is 3.72. The number of aliphatic hydroxyl groups excluding tert-OH is 1. The summed E-state index contributed by atoms with van der Waals surface area (Å²) in [5, 5.41) is 18.2. The topological polar surface area (TPSA) is 57.5 Å².